The van der Waals surface area contributed by atoms with E-state index in [-0.39, 0.29) is 5.92 Å². The van der Waals surface area contributed by atoms with Gasteiger partial charge in [0.1, 0.15) is 5.82 Å². The maximum atomic E-state index is 5.76. The van der Waals surface area contributed by atoms with Gasteiger partial charge in [0.2, 0.25) is 5.95 Å². The predicted molar refractivity (Wildman–Crippen MR) is 54.0 cm³/mol. The van der Waals surface area contributed by atoms with Gasteiger partial charge in [0.15, 0.2) is 5.65 Å². The molecule has 0 aliphatic rings. The number of aromatic nitrogens is 4. The lowest BCUT2D eigenvalue weighted by Crippen LogP contribution is -2.08. The van der Waals surface area contributed by atoms with Gasteiger partial charge in [-0.25, -0.2) is 4.98 Å². The second kappa shape index (κ2) is 2.94. The van der Waals surface area contributed by atoms with E-state index in [0.29, 0.717) is 5.95 Å². The van der Waals surface area contributed by atoms with E-state index in [1.54, 1.807) is 4.52 Å². The fraction of sp³-hybridized carbons (Fsp3) is 0.444. The van der Waals surface area contributed by atoms with E-state index in [2.05, 4.69) is 15.1 Å². The molecule has 0 aliphatic carbocycles. The number of nitrogens with two attached hydrogens (primary N) is 1. The van der Waals surface area contributed by atoms with E-state index in [1.165, 1.54) is 0 Å². The van der Waals surface area contributed by atoms with Crippen LogP contribution in [0, 0.1) is 6.92 Å². The number of aryl methyl sites for hydroxylation is 1. The van der Waals surface area contributed by atoms with Crippen molar-refractivity contribution in [1.29, 1.82) is 0 Å². The summed E-state index contributed by atoms with van der Waals surface area (Å²) in [5, 5.41) is 4.18. The monoisotopic (exact) mass is 191 g/mol. The molecular formula is C9H13N5. The van der Waals surface area contributed by atoms with Crippen LogP contribution in [-0.2, 0) is 0 Å². The molecular weight excluding hydrogens is 178 g/mol. The molecule has 0 unspecified atom stereocenters. The van der Waals surface area contributed by atoms with Gasteiger partial charge in [-0.1, -0.05) is 13.8 Å². The number of hydrogen-bond donors (Lipinski definition) is 1. The van der Waals surface area contributed by atoms with Crippen molar-refractivity contribution < 1.29 is 0 Å². The van der Waals surface area contributed by atoms with Gasteiger partial charge in [-0.05, 0) is 6.92 Å². The molecule has 0 saturated heterocycles. The van der Waals surface area contributed by atoms with Crippen molar-refractivity contribution in [2.24, 2.45) is 0 Å². The summed E-state index contributed by atoms with van der Waals surface area (Å²) in [6.45, 7) is 5.98. The van der Waals surface area contributed by atoms with Gasteiger partial charge < -0.3 is 5.73 Å². The topological polar surface area (TPSA) is 69.1 Å². The number of hydrogen-bond acceptors (Lipinski definition) is 4. The zero-order chi connectivity index (χ0) is 10.3. The van der Waals surface area contributed by atoms with E-state index in [4.69, 9.17) is 5.73 Å². The Labute approximate surface area is 82.0 Å². The molecule has 0 radical (unpaired) electrons. The van der Waals surface area contributed by atoms with E-state index >= 15 is 0 Å². The summed E-state index contributed by atoms with van der Waals surface area (Å²) in [4.78, 5) is 8.55. The summed E-state index contributed by atoms with van der Waals surface area (Å²) in [6, 6.07) is 1.89. The van der Waals surface area contributed by atoms with Crippen LogP contribution in [0.3, 0.4) is 0 Å². The molecule has 2 rings (SSSR count). The van der Waals surface area contributed by atoms with Crippen molar-refractivity contribution in [3.8, 4) is 0 Å². The van der Waals surface area contributed by atoms with Crippen molar-refractivity contribution in [2.75, 3.05) is 5.73 Å². The van der Waals surface area contributed by atoms with Crippen LogP contribution in [0.25, 0.3) is 5.65 Å². The highest BCUT2D eigenvalue weighted by molar-refractivity contribution is 5.43. The summed E-state index contributed by atoms with van der Waals surface area (Å²) < 4.78 is 1.56. The number of anilines is 1. The Morgan fingerprint density at radius 2 is 2.07 bits per heavy atom. The fourth-order valence-electron chi connectivity index (χ4n) is 1.30. The minimum atomic E-state index is 0.275. The van der Waals surface area contributed by atoms with Crippen molar-refractivity contribution >= 4 is 11.6 Å². The second-order valence-corrected chi connectivity index (χ2v) is 3.65. The molecule has 0 bridgehead atoms. The lowest BCUT2D eigenvalue weighted by molar-refractivity contribution is 0.755. The molecule has 0 fully saturated rings. The first-order valence-electron chi connectivity index (χ1n) is 4.57. The van der Waals surface area contributed by atoms with Crippen molar-refractivity contribution in [1.82, 2.24) is 19.6 Å². The summed E-state index contributed by atoms with van der Waals surface area (Å²) in [5.41, 5.74) is 7.42. The number of fused-ring (bicyclic) bond motifs is 1. The summed E-state index contributed by atoms with van der Waals surface area (Å²) in [6.07, 6.45) is 0. The normalized spacial score (nSPS) is 11.4. The highest BCUT2D eigenvalue weighted by atomic mass is 15.3. The predicted octanol–water partition coefficient (Wildman–Crippen LogP) is 1.14. The molecule has 2 aromatic rings. The Hall–Kier alpha value is -1.65. The van der Waals surface area contributed by atoms with Crippen LogP contribution in [0.5, 0.6) is 0 Å². The average molecular weight is 191 g/mol. The molecule has 5 heteroatoms. The highest BCUT2D eigenvalue weighted by Gasteiger charge is 2.09. The van der Waals surface area contributed by atoms with Crippen molar-refractivity contribution in [2.45, 2.75) is 26.7 Å². The quantitative estimate of drug-likeness (QED) is 0.733. The summed E-state index contributed by atoms with van der Waals surface area (Å²) in [5.74, 6) is 1.43. The maximum absolute atomic E-state index is 5.76. The lowest BCUT2D eigenvalue weighted by atomic mass is 10.2. The molecule has 5 nitrogen and oxygen atoms in total. The molecule has 0 aromatic carbocycles. The molecule has 0 spiro atoms. The SMILES string of the molecule is Cc1cc2nc(C(C)C)nc(N)n2n1. The third-order valence-electron chi connectivity index (χ3n) is 2.00. The van der Waals surface area contributed by atoms with Gasteiger partial charge in [-0.3, -0.25) is 0 Å². The minimum Gasteiger partial charge on any atom is -0.368 e. The van der Waals surface area contributed by atoms with Crippen molar-refractivity contribution in [3.05, 3.63) is 17.6 Å². The molecule has 2 heterocycles. The van der Waals surface area contributed by atoms with Crippen LogP contribution in [0.15, 0.2) is 6.07 Å². The van der Waals surface area contributed by atoms with Gasteiger partial charge in [-0.2, -0.15) is 14.6 Å². The average Bonchev–Trinajstić information content (AvgIpc) is 2.45. The third kappa shape index (κ3) is 1.30. The van der Waals surface area contributed by atoms with Gasteiger partial charge in [0.25, 0.3) is 0 Å². The first kappa shape index (κ1) is 8.93. The van der Waals surface area contributed by atoms with E-state index in [0.717, 1.165) is 17.2 Å². The summed E-state index contributed by atoms with van der Waals surface area (Å²) in [7, 11) is 0. The Kier molecular flexibility index (Phi) is 1.87. The van der Waals surface area contributed by atoms with Crippen molar-refractivity contribution in [3.63, 3.8) is 0 Å². The Bertz CT molecular complexity index is 471. The molecule has 74 valence electrons. The maximum Gasteiger partial charge on any atom is 0.224 e. The van der Waals surface area contributed by atoms with E-state index < -0.39 is 0 Å². The molecule has 0 atom stereocenters. The zero-order valence-corrected chi connectivity index (χ0v) is 8.52. The Balaban J connectivity index is 2.71. The third-order valence-corrected chi connectivity index (χ3v) is 2.00. The molecule has 14 heavy (non-hydrogen) atoms. The zero-order valence-electron chi connectivity index (χ0n) is 8.52. The van der Waals surface area contributed by atoms with E-state index in [1.807, 2.05) is 26.8 Å². The van der Waals surface area contributed by atoms with E-state index in [9.17, 15) is 0 Å². The summed E-state index contributed by atoms with van der Waals surface area (Å²) >= 11 is 0. The van der Waals surface area contributed by atoms with Crippen LogP contribution in [0.2, 0.25) is 0 Å². The van der Waals surface area contributed by atoms with Crippen LogP contribution in [0.4, 0.5) is 5.95 Å². The molecule has 2 aromatic heterocycles. The van der Waals surface area contributed by atoms with Crippen LogP contribution in [-0.4, -0.2) is 19.6 Å². The minimum absolute atomic E-state index is 0.275. The van der Waals surface area contributed by atoms with Crippen LogP contribution in [0.1, 0.15) is 31.3 Å². The van der Waals surface area contributed by atoms with Crippen LogP contribution < -0.4 is 5.73 Å². The second-order valence-electron chi connectivity index (χ2n) is 3.65. The first-order chi connectivity index (χ1) is 6.58. The lowest BCUT2D eigenvalue weighted by Gasteiger charge is -2.04. The Morgan fingerprint density at radius 3 is 2.71 bits per heavy atom. The largest absolute Gasteiger partial charge is 0.368 e. The molecule has 0 aliphatic heterocycles. The Morgan fingerprint density at radius 1 is 1.36 bits per heavy atom. The van der Waals surface area contributed by atoms with Gasteiger partial charge >= 0.3 is 0 Å². The van der Waals surface area contributed by atoms with Gasteiger partial charge in [-0.15, -0.1) is 0 Å². The smallest absolute Gasteiger partial charge is 0.224 e. The number of nitrogens with zero attached hydrogens (tertiary/aromatic N) is 4. The van der Waals surface area contributed by atoms with Gasteiger partial charge in [0, 0.05) is 12.0 Å². The van der Waals surface area contributed by atoms with Crippen LogP contribution >= 0.6 is 0 Å². The first-order valence-corrected chi connectivity index (χ1v) is 4.57. The molecule has 2 N–H and O–H groups in total. The number of rotatable bonds is 1. The molecule has 0 saturated carbocycles. The molecule has 0 amide bonds. The fourth-order valence-corrected chi connectivity index (χ4v) is 1.30. The highest BCUT2D eigenvalue weighted by Crippen LogP contribution is 2.13. The standard InChI is InChI=1S/C9H13N5/c1-5(2)8-11-7-4-6(3)13-14(7)9(10)12-8/h4-5H,1-3H3,(H2,10,11,12). The van der Waals surface area contributed by atoms with Gasteiger partial charge in [0.05, 0.1) is 5.69 Å². The number of nitrogen functional groups attached to an aromatic ring is 1.